The lowest BCUT2D eigenvalue weighted by atomic mass is 10.0. The molecule has 6 nitrogen and oxygen atoms in total. The number of fused-ring (bicyclic) bond motifs is 1. The third-order valence-corrected chi connectivity index (χ3v) is 5.02. The Morgan fingerprint density at radius 3 is 2.92 bits per heavy atom. The molecule has 0 radical (unpaired) electrons. The zero-order valence-corrected chi connectivity index (χ0v) is 14.9. The molecule has 0 aliphatic carbocycles. The number of H-pyrrole nitrogens is 1. The van der Waals surface area contributed by atoms with E-state index in [1.165, 1.54) is 6.42 Å². The number of benzene rings is 1. The highest BCUT2D eigenvalue weighted by Crippen LogP contribution is 2.26. The van der Waals surface area contributed by atoms with Gasteiger partial charge in [0.1, 0.15) is 5.82 Å². The van der Waals surface area contributed by atoms with Crippen LogP contribution in [0, 0.1) is 0 Å². The number of aromatic amines is 1. The average Bonchev–Trinajstić information content (AvgIpc) is 3.32. The fourth-order valence-electron chi connectivity index (χ4n) is 3.55. The van der Waals surface area contributed by atoms with Crippen LogP contribution < -0.4 is 5.32 Å². The summed E-state index contributed by atoms with van der Waals surface area (Å²) in [6.45, 7) is 3.70. The average molecular weight is 349 g/mol. The van der Waals surface area contributed by atoms with Gasteiger partial charge in [-0.15, -0.1) is 0 Å². The first-order valence-electron chi connectivity index (χ1n) is 9.09. The molecule has 0 spiro atoms. The van der Waals surface area contributed by atoms with Crippen LogP contribution in [0.1, 0.15) is 42.8 Å². The van der Waals surface area contributed by atoms with E-state index in [1.54, 1.807) is 12.5 Å². The molecule has 3 heterocycles. The number of amides is 1. The molecule has 1 amide bonds. The van der Waals surface area contributed by atoms with Crippen LogP contribution >= 0.6 is 0 Å². The van der Waals surface area contributed by atoms with E-state index < -0.39 is 0 Å². The molecule has 134 valence electrons. The Morgan fingerprint density at radius 1 is 1.31 bits per heavy atom. The van der Waals surface area contributed by atoms with Gasteiger partial charge in [-0.25, -0.2) is 9.97 Å². The first-order valence-corrected chi connectivity index (χ1v) is 9.09. The zero-order chi connectivity index (χ0) is 17.9. The van der Waals surface area contributed by atoms with Gasteiger partial charge < -0.3 is 14.9 Å². The zero-order valence-electron chi connectivity index (χ0n) is 14.9. The van der Waals surface area contributed by atoms with Gasteiger partial charge >= 0.3 is 0 Å². The highest BCUT2D eigenvalue weighted by atomic mass is 16.1. The number of carbonyl (C=O) groups is 1. The molecule has 1 unspecified atom stereocenters. The summed E-state index contributed by atoms with van der Waals surface area (Å²) < 4.78 is 2.22. The second-order valence-electron chi connectivity index (χ2n) is 6.92. The van der Waals surface area contributed by atoms with Crippen LogP contribution in [0.4, 0.5) is 0 Å². The van der Waals surface area contributed by atoms with Crippen molar-refractivity contribution in [1.29, 1.82) is 0 Å². The highest BCUT2D eigenvalue weighted by Gasteiger charge is 2.21. The molecule has 3 aromatic rings. The fourth-order valence-corrected chi connectivity index (χ4v) is 3.55. The number of hydrogen-bond acceptors (Lipinski definition) is 3. The number of nitrogens with one attached hydrogen (secondary N) is 2. The molecule has 26 heavy (non-hydrogen) atoms. The van der Waals surface area contributed by atoms with Gasteiger partial charge in [-0.2, -0.15) is 0 Å². The van der Waals surface area contributed by atoms with Crippen LogP contribution in [-0.2, 0) is 24.3 Å². The van der Waals surface area contributed by atoms with E-state index in [0.29, 0.717) is 18.9 Å². The van der Waals surface area contributed by atoms with Crippen LogP contribution in [0.5, 0.6) is 0 Å². The Kier molecular flexibility index (Phi) is 4.56. The van der Waals surface area contributed by atoms with E-state index in [1.807, 2.05) is 30.5 Å². The van der Waals surface area contributed by atoms with Gasteiger partial charge in [-0.05, 0) is 24.0 Å². The lowest BCUT2D eigenvalue weighted by Crippen LogP contribution is -2.26. The monoisotopic (exact) mass is 349 g/mol. The smallest absolute Gasteiger partial charge is 0.226 e. The molecule has 0 saturated carbocycles. The minimum Gasteiger partial charge on any atom is -0.352 e. The summed E-state index contributed by atoms with van der Waals surface area (Å²) in [4.78, 5) is 24.0. The summed E-state index contributed by atoms with van der Waals surface area (Å²) in [5, 5.41) is 3.01. The standard InChI is InChI=1S/C20H23N5O/c1-14-3-2-8-25-17(11-23-20(14)25)9-19(26)22-10-15-4-6-16(7-5-15)18-12-21-13-24-18/h4-7,11-14H,2-3,8-10H2,1H3,(H,21,24)(H,22,26). The Hall–Kier alpha value is -2.89. The van der Waals surface area contributed by atoms with E-state index in [-0.39, 0.29) is 5.91 Å². The van der Waals surface area contributed by atoms with Crippen molar-refractivity contribution in [3.63, 3.8) is 0 Å². The maximum absolute atomic E-state index is 12.3. The van der Waals surface area contributed by atoms with Gasteiger partial charge in [0.05, 0.1) is 24.6 Å². The summed E-state index contributed by atoms with van der Waals surface area (Å²) in [5.74, 6) is 1.63. The Labute approximate surface area is 152 Å². The summed E-state index contributed by atoms with van der Waals surface area (Å²) in [6, 6.07) is 8.12. The molecule has 6 heteroatoms. The van der Waals surface area contributed by atoms with Gasteiger partial charge in [-0.1, -0.05) is 31.2 Å². The molecule has 1 aromatic carbocycles. The maximum atomic E-state index is 12.3. The van der Waals surface area contributed by atoms with Crippen molar-refractivity contribution in [3.8, 4) is 11.3 Å². The molecule has 1 aliphatic rings. The summed E-state index contributed by atoms with van der Waals surface area (Å²) in [5.41, 5.74) is 4.15. The van der Waals surface area contributed by atoms with Gasteiger partial charge in [0.2, 0.25) is 5.91 Å². The van der Waals surface area contributed by atoms with Crippen molar-refractivity contribution in [2.45, 2.75) is 45.2 Å². The maximum Gasteiger partial charge on any atom is 0.226 e. The SMILES string of the molecule is CC1CCCn2c(CC(=O)NCc3ccc(-c4cnc[nH]4)cc3)cnc21. The van der Waals surface area contributed by atoms with E-state index in [2.05, 4.69) is 31.8 Å². The second-order valence-corrected chi connectivity index (χ2v) is 6.92. The minimum absolute atomic E-state index is 0.0311. The van der Waals surface area contributed by atoms with Gasteiger partial charge in [0.15, 0.2) is 0 Å². The molecule has 1 atom stereocenters. The van der Waals surface area contributed by atoms with Crippen LogP contribution in [0.15, 0.2) is 43.0 Å². The van der Waals surface area contributed by atoms with Crippen molar-refractivity contribution >= 4 is 5.91 Å². The molecule has 0 saturated heterocycles. The lowest BCUT2D eigenvalue weighted by Gasteiger charge is -2.21. The number of aromatic nitrogens is 4. The number of hydrogen-bond donors (Lipinski definition) is 2. The highest BCUT2D eigenvalue weighted by molar-refractivity contribution is 5.78. The predicted molar refractivity (Wildman–Crippen MR) is 99.5 cm³/mol. The Balaban J connectivity index is 1.34. The number of nitrogens with zero attached hydrogens (tertiary/aromatic N) is 3. The topological polar surface area (TPSA) is 75.6 Å². The van der Waals surface area contributed by atoms with Gasteiger partial charge in [-0.3, -0.25) is 4.79 Å². The summed E-state index contributed by atoms with van der Waals surface area (Å²) in [7, 11) is 0. The number of rotatable bonds is 5. The van der Waals surface area contributed by atoms with E-state index >= 15 is 0 Å². The second kappa shape index (κ2) is 7.15. The molecule has 2 aromatic heterocycles. The van der Waals surface area contributed by atoms with Gasteiger partial charge in [0, 0.05) is 30.9 Å². The van der Waals surface area contributed by atoms with E-state index in [9.17, 15) is 4.79 Å². The molecule has 0 fully saturated rings. The first kappa shape index (κ1) is 16.6. The van der Waals surface area contributed by atoms with Crippen molar-refractivity contribution in [1.82, 2.24) is 24.8 Å². The summed E-state index contributed by atoms with van der Waals surface area (Å²) in [6.07, 6.45) is 8.03. The van der Waals surface area contributed by atoms with E-state index in [4.69, 9.17) is 0 Å². The molecule has 4 rings (SSSR count). The molecule has 1 aliphatic heterocycles. The van der Waals surface area contributed by atoms with Crippen LogP contribution in [0.3, 0.4) is 0 Å². The van der Waals surface area contributed by atoms with Crippen LogP contribution in [-0.4, -0.2) is 25.4 Å². The fraction of sp³-hybridized carbons (Fsp3) is 0.350. The quantitative estimate of drug-likeness (QED) is 0.743. The molecular weight excluding hydrogens is 326 g/mol. The van der Waals surface area contributed by atoms with Crippen molar-refractivity contribution in [2.75, 3.05) is 0 Å². The van der Waals surface area contributed by atoms with Gasteiger partial charge in [0.25, 0.3) is 0 Å². The first-order chi connectivity index (χ1) is 12.7. The van der Waals surface area contributed by atoms with E-state index in [0.717, 1.165) is 41.3 Å². The van der Waals surface area contributed by atoms with Crippen molar-refractivity contribution in [2.24, 2.45) is 0 Å². The third-order valence-electron chi connectivity index (χ3n) is 5.02. The largest absolute Gasteiger partial charge is 0.352 e. The molecule has 0 bridgehead atoms. The Morgan fingerprint density at radius 2 is 2.15 bits per heavy atom. The predicted octanol–water partition coefficient (Wildman–Crippen LogP) is 3.03. The summed E-state index contributed by atoms with van der Waals surface area (Å²) >= 11 is 0. The minimum atomic E-state index is 0.0311. The molecule has 2 N–H and O–H groups in total. The number of imidazole rings is 2. The lowest BCUT2D eigenvalue weighted by molar-refractivity contribution is -0.120. The van der Waals surface area contributed by atoms with Crippen molar-refractivity contribution in [3.05, 3.63) is 60.1 Å². The number of carbonyl (C=O) groups excluding carboxylic acids is 1. The molecular formula is C20H23N5O. The van der Waals surface area contributed by atoms with Crippen LogP contribution in [0.25, 0.3) is 11.3 Å². The normalized spacial score (nSPS) is 16.3. The van der Waals surface area contributed by atoms with Crippen molar-refractivity contribution < 1.29 is 4.79 Å². The third kappa shape index (κ3) is 3.40. The Bertz CT molecular complexity index is 880. The van der Waals surface area contributed by atoms with Crippen LogP contribution in [0.2, 0.25) is 0 Å².